The molecular formula is C16H24ClNO. The van der Waals surface area contributed by atoms with Gasteiger partial charge in [-0.2, -0.15) is 0 Å². The Hall–Kier alpha value is -0.730. The molecule has 1 unspecified atom stereocenters. The van der Waals surface area contributed by atoms with Crippen LogP contribution in [-0.4, -0.2) is 13.7 Å². The third-order valence-electron chi connectivity index (χ3n) is 4.25. The van der Waals surface area contributed by atoms with Gasteiger partial charge in [-0.25, -0.2) is 0 Å². The quantitative estimate of drug-likeness (QED) is 0.888. The summed E-state index contributed by atoms with van der Waals surface area (Å²) in [6, 6.07) is 2.06. The molecule has 1 aliphatic heterocycles. The number of hydrogen-bond donors (Lipinski definition) is 1. The van der Waals surface area contributed by atoms with Crippen molar-refractivity contribution in [2.75, 3.05) is 13.7 Å². The van der Waals surface area contributed by atoms with E-state index >= 15 is 0 Å². The lowest BCUT2D eigenvalue weighted by Crippen LogP contribution is -2.34. The molecule has 1 atom stereocenters. The molecule has 1 fully saturated rings. The lowest BCUT2D eigenvalue weighted by atomic mass is 9.83. The van der Waals surface area contributed by atoms with E-state index in [-0.39, 0.29) is 5.54 Å². The Morgan fingerprint density at radius 3 is 2.58 bits per heavy atom. The van der Waals surface area contributed by atoms with Gasteiger partial charge in [-0.3, -0.25) is 0 Å². The van der Waals surface area contributed by atoms with Crippen LogP contribution in [0.4, 0.5) is 0 Å². The first-order valence-electron chi connectivity index (χ1n) is 7.03. The number of nitrogens with one attached hydrogen (secondary N) is 1. The highest BCUT2D eigenvalue weighted by atomic mass is 35.5. The molecule has 2 nitrogen and oxygen atoms in total. The van der Waals surface area contributed by atoms with Crippen molar-refractivity contribution in [1.29, 1.82) is 0 Å². The van der Waals surface area contributed by atoms with E-state index in [4.69, 9.17) is 16.3 Å². The van der Waals surface area contributed by atoms with Gasteiger partial charge in [0.05, 0.1) is 7.11 Å². The van der Waals surface area contributed by atoms with Gasteiger partial charge in [0.15, 0.2) is 0 Å². The first-order chi connectivity index (χ1) is 8.90. The second kappa shape index (κ2) is 5.34. The van der Waals surface area contributed by atoms with Crippen molar-refractivity contribution in [2.24, 2.45) is 0 Å². The number of hydrogen-bond acceptors (Lipinski definition) is 2. The van der Waals surface area contributed by atoms with Crippen molar-refractivity contribution in [1.82, 2.24) is 5.32 Å². The third kappa shape index (κ3) is 2.48. The number of halogens is 1. The fourth-order valence-corrected chi connectivity index (χ4v) is 3.38. The normalized spacial score (nSPS) is 23.1. The molecule has 1 heterocycles. The van der Waals surface area contributed by atoms with E-state index in [1.54, 1.807) is 7.11 Å². The predicted molar refractivity (Wildman–Crippen MR) is 81.4 cm³/mol. The maximum absolute atomic E-state index is 6.45. The van der Waals surface area contributed by atoms with Crippen molar-refractivity contribution in [3.8, 4) is 5.75 Å². The Kier molecular flexibility index (Phi) is 4.12. The number of methoxy groups -OCH3 is 1. The average Bonchev–Trinajstić information content (AvgIpc) is 2.79. The Bertz CT molecular complexity index is 476. The predicted octanol–water partition coefficient (Wildman–Crippen LogP) is 4.38. The van der Waals surface area contributed by atoms with Gasteiger partial charge in [-0.15, -0.1) is 0 Å². The highest BCUT2D eigenvalue weighted by molar-refractivity contribution is 6.31. The Labute approximate surface area is 121 Å². The van der Waals surface area contributed by atoms with Crippen molar-refractivity contribution in [3.63, 3.8) is 0 Å². The van der Waals surface area contributed by atoms with E-state index in [1.165, 1.54) is 17.5 Å². The topological polar surface area (TPSA) is 21.3 Å². The molecule has 0 aromatic heterocycles. The maximum atomic E-state index is 6.45. The zero-order chi connectivity index (χ0) is 14.2. The van der Waals surface area contributed by atoms with Gasteiger partial charge in [-0.1, -0.05) is 25.4 Å². The van der Waals surface area contributed by atoms with Gasteiger partial charge < -0.3 is 10.1 Å². The molecule has 0 spiro atoms. The Morgan fingerprint density at radius 2 is 2.11 bits per heavy atom. The standard InChI is InChI=1S/C16H24ClNO/c1-10(2)12-9-13(17)11(3)14(15(12)19-5)16(4)7-6-8-18-16/h9-10,18H,6-8H2,1-5H3. The molecule has 19 heavy (non-hydrogen) atoms. The summed E-state index contributed by atoms with van der Waals surface area (Å²) >= 11 is 6.45. The number of ether oxygens (including phenoxy) is 1. The fourth-order valence-electron chi connectivity index (χ4n) is 3.17. The van der Waals surface area contributed by atoms with Crippen LogP contribution in [0.25, 0.3) is 0 Å². The summed E-state index contributed by atoms with van der Waals surface area (Å²) in [5.41, 5.74) is 3.55. The summed E-state index contributed by atoms with van der Waals surface area (Å²) in [6.07, 6.45) is 2.32. The van der Waals surface area contributed by atoms with Crippen molar-refractivity contribution >= 4 is 11.6 Å². The summed E-state index contributed by atoms with van der Waals surface area (Å²) in [6.45, 7) is 9.76. The van der Waals surface area contributed by atoms with Gasteiger partial charge in [0.25, 0.3) is 0 Å². The van der Waals surface area contributed by atoms with Crippen LogP contribution in [0, 0.1) is 6.92 Å². The Balaban J connectivity index is 2.69. The van der Waals surface area contributed by atoms with E-state index in [1.807, 2.05) is 0 Å². The van der Waals surface area contributed by atoms with E-state index in [0.717, 1.165) is 29.3 Å². The molecule has 1 N–H and O–H groups in total. The van der Waals surface area contributed by atoms with Gasteiger partial charge in [0.1, 0.15) is 5.75 Å². The number of benzene rings is 1. The Morgan fingerprint density at radius 1 is 1.42 bits per heavy atom. The highest BCUT2D eigenvalue weighted by Gasteiger charge is 2.36. The lowest BCUT2D eigenvalue weighted by molar-refractivity contribution is 0.364. The van der Waals surface area contributed by atoms with Crippen LogP contribution in [0.1, 0.15) is 56.2 Å². The molecule has 1 aromatic carbocycles. The van der Waals surface area contributed by atoms with Crippen LogP contribution >= 0.6 is 11.6 Å². The van der Waals surface area contributed by atoms with Gasteiger partial charge in [0, 0.05) is 16.1 Å². The molecule has 0 bridgehead atoms. The van der Waals surface area contributed by atoms with Crippen LogP contribution in [0.2, 0.25) is 5.02 Å². The van der Waals surface area contributed by atoms with Crippen LogP contribution in [-0.2, 0) is 5.54 Å². The molecule has 0 radical (unpaired) electrons. The largest absolute Gasteiger partial charge is 0.496 e. The summed E-state index contributed by atoms with van der Waals surface area (Å²) in [7, 11) is 1.76. The summed E-state index contributed by atoms with van der Waals surface area (Å²) in [5, 5.41) is 4.46. The van der Waals surface area contributed by atoms with Gasteiger partial charge in [0.2, 0.25) is 0 Å². The third-order valence-corrected chi connectivity index (χ3v) is 4.64. The summed E-state index contributed by atoms with van der Waals surface area (Å²) in [5.74, 6) is 1.41. The molecule has 0 amide bonds. The summed E-state index contributed by atoms with van der Waals surface area (Å²) < 4.78 is 5.75. The number of rotatable bonds is 3. The van der Waals surface area contributed by atoms with Crippen LogP contribution in [0.5, 0.6) is 5.75 Å². The summed E-state index contributed by atoms with van der Waals surface area (Å²) in [4.78, 5) is 0. The molecule has 106 valence electrons. The lowest BCUT2D eigenvalue weighted by Gasteiger charge is -2.31. The minimum absolute atomic E-state index is 0.0238. The average molecular weight is 282 g/mol. The molecule has 0 aliphatic carbocycles. The molecule has 1 aromatic rings. The monoisotopic (exact) mass is 281 g/mol. The smallest absolute Gasteiger partial charge is 0.127 e. The van der Waals surface area contributed by atoms with E-state index in [2.05, 4.69) is 39.1 Å². The SMILES string of the molecule is COc1c(C(C)C)cc(Cl)c(C)c1C1(C)CCCN1. The minimum atomic E-state index is -0.0238. The van der Waals surface area contributed by atoms with Gasteiger partial charge >= 0.3 is 0 Å². The zero-order valence-electron chi connectivity index (χ0n) is 12.6. The molecule has 1 saturated heterocycles. The first kappa shape index (κ1) is 14.7. The highest BCUT2D eigenvalue weighted by Crippen LogP contribution is 2.44. The molecule has 0 saturated carbocycles. The molecule has 3 heteroatoms. The second-order valence-electron chi connectivity index (χ2n) is 6.00. The minimum Gasteiger partial charge on any atom is -0.496 e. The molecular weight excluding hydrogens is 258 g/mol. The van der Waals surface area contributed by atoms with Crippen molar-refractivity contribution in [3.05, 3.63) is 27.8 Å². The molecule has 2 rings (SSSR count). The fraction of sp³-hybridized carbons (Fsp3) is 0.625. The molecule has 1 aliphatic rings. The zero-order valence-corrected chi connectivity index (χ0v) is 13.3. The van der Waals surface area contributed by atoms with Crippen molar-refractivity contribution in [2.45, 2.75) is 52.0 Å². The van der Waals surface area contributed by atoms with Gasteiger partial charge in [-0.05, 0) is 56.3 Å². The van der Waals surface area contributed by atoms with Crippen molar-refractivity contribution < 1.29 is 4.74 Å². The van der Waals surface area contributed by atoms with E-state index < -0.39 is 0 Å². The van der Waals surface area contributed by atoms with Crippen LogP contribution in [0.15, 0.2) is 6.07 Å². The van der Waals surface area contributed by atoms with E-state index in [9.17, 15) is 0 Å². The van der Waals surface area contributed by atoms with E-state index in [0.29, 0.717) is 5.92 Å². The van der Waals surface area contributed by atoms with Crippen LogP contribution < -0.4 is 10.1 Å². The first-order valence-corrected chi connectivity index (χ1v) is 7.41. The second-order valence-corrected chi connectivity index (χ2v) is 6.41. The van der Waals surface area contributed by atoms with Crippen LogP contribution in [0.3, 0.4) is 0 Å². The maximum Gasteiger partial charge on any atom is 0.127 e.